The molecular formula is C16H13FN4O4. The second kappa shape index (κ2) is 6.92. The molecule has 128 valence electrons. The number of nitrogens with one attached hydrogen (secondary N) is 1. The van der Waals surface area contributed by atoms with Gasteiger partial charge in [0.2, 0.25) is 11.7 Å². The number of benzene rings is 1. The molecule has 0 unspecified atom stereocenters. The van der Waals surface area contributed by atoms with Crippen molar-refractivity contribution in [2.24, 2.45) is 0 Å². The van der Waals surface area contributed by atoms with Gasteiger partial charge in [-0.3, -0.25) is 19.7 Å². The Morgan fingerprint density at radius 2 is 2.08 bits per heavy atom. The number of hydrogen-bond donors (Lipinski definition) is 1. The second-order valence-corrected chi connectivity index (χ2v) is 5.32. The van der Waals surface area contributed by atoms with Gasteiger partial charge in [0.05, 0.1) is 4.92 Å². The number of nitro benzene ring substituents is 1. The van der Waals surface area contributed by atoms with Crippen LogP contribution in [0, 0.1) is 41.1 Å². The summed E-state index contributed by atoms with van der Waals surface area (Å²) in [6.07, 6.45) is 0. The normalized spacial score (nSPS) is 10.2. The fourth-order valence-electron chi connectivity index (χ4n) is 2.33. The summed E-state index contributed by atoms with van der Waals surface area (Å²) in [4.78, 5) is 34.2. The summed E-state index contributed by atoms with van der Waals surface area (Å²) in [5.41, 5.74) is -0.404. The van der Waals surface area contributed by atoms with E-state index < -0.39 is 27.9 Å². The molecule has 0 saturated heterocycles. The zero-order valence-corrected chi connectivity index (χ0v) is 13.4. The lowest BCUT2D eigenvalue weighted by Crippen LogP contribution is -2.31. The van der Waals surface area contributed by atoms with E-state index in [1.807, 2.05) is 0 Å². The van der Waals surface area contributed by atoms with Crippen molar-refractivity contribution in [2.45, 2.75) is 20.4 Å². The predicted octanol–water partition coefficient (Wildman–Crippen LogP) is 2.02. The van der Waals surface area contributed by atoms with Gasteiger partial charge in [-0.15, -0.1) is 0 Å². The van der Waals surface area contributed by atoms with Crippen molar-refractivity contribution in [3.8, 4) is 6.07 Å². The minimum Gasteiger partial charge on any atom is -0.324 e. The molecule has 0 atom stereocenters. The maximum Gasteiger partial charge on any atom is 0.306 e. The van der Waals surface area contributed by atoms with Crippen molar-refractivity contribution in [3.05, 3.63) is 67.4 Å². The van der Waals surface area contributed by atoms with Crippen LogP contribution < -0.4 is 10.9 Å². The number of aryl methyl sites for hydroxylation is 2. The summed E-state index contributed by atoms with van der Waals surface area (Å²) in [5, 5.41) is 22.1. The van der Waals surface area contributed by atoms with E-state index in [9.17, 15) is 24.1 Å². The smallest absolute Gasteiger partial charge is 0.306 e. The largest absolute Gasteiger partial charge is 0.324 e. The van der Waals surface area contributed by atoms with Gasteiger partial charge in [-0.25, -0.2) is 0 Å². The molecule has 0 aliphatic rings. The highest BCUT2D eigenvalue weighted by atomic mass is 19.1. The van der Waals surface area contributed by atoms with Gasteiger partial charge in [-0.2, -0.15) is 9.65 Å². The molecule has 0 aliphatic carbocycles. The number of halogens is 1. The first-order chi connectivity index (χ1) is 11.7. The van der Waals surface area contributed by atoms with E-state index >= 15 is 0 Å². The Balaban J connectivity index is 2.28. The van der Waals surface area contributed by atoms with E-state index in [0.717, 1.165) is 16.7 Å². The van der Waals surface area contributed by atoms with Gasteiger partial charge < -0.3 is 9.88 Å². The van der Waals surface area contributed by atoms with Crippen molar-refractivity contribution in [2.75, 3.05) is 5.32 Å². The standard InChI is InChI=1S/C16H13FN4O4/c1-9-5-10(2)20(16(23)12(9)7-18)8-15(22)19-11-3-4-13(17)14(6-11)21(24)25/h3-6H,8H2,1-2H3,(H,19,22). The second-order valence-electron chi connectivity index (χ2n) is 5.32. The molecule has 0 aliphatic heterocycles. The van der Waals surface area contributed by atoms with Crippen LogP contribution >= 0.6 is 0 Å². The molecule has 1 heterocycles. The number of rotatable bonds is 4. The molecule has 2 rings (SSSR count). The molecule has 8 nitrogen and oxygen atoms in total. The van der Waals surface area contributed by atoms with Gasteiger partial charge in [-0.05, 0) is 37.6 Å². The van der Waals surface area contributed by atoms with Crippen LogP contribution in [0.3, 0.4) is 0 Å². The highest BCUT2D eigenvalue weighted by molar-refractivity contribution is 5.91. The number of carbonyl (C=O) groups excluding carboxylic acids is 1. The van der Waals surface area contributed by atoms with Crippen molar-refractivity contribution in [1.29, 1.82) is 5.26 Å². The summed E-state index contributed by atoms with van der Waals surface area (Å²) in [5.74, 6) is -1.66. The Bertz CT molecular complexity index is 975. The van der Waals surface area contributed by atoms with Crippen LogP contribution in [0.2, 0.25) is 0 Å². The van der Waals surface area contributed by atoms with Gasteiger partial charge in [0, 0.05) is 17.4 Å². The number of carbonyl (C=O) groups is 1. The van der Waals surface area contributed by atoms with Crippen LogP contribution in [0.1, 0.15) is 16.8 Å². The molecule has 1 amide bonds. The Morgan fingerprint density at radius 1 is 1.40 bits per heavy atom. The summed E-state index contributed by atoms with van der Waals surface area (Å²) in [6, 6.07) is 6.33. The van der Waals surface area contributed by atoms with Crippen molar-refractivity contribution in [1.82, 2.24) is 4.57 Å². The molecule has 0 radical (unpaired) electrons. The van der Waals surface area contributed by atoms with E-state index in [0.29, 0.717) is 11.3 Å². The van der Waals surface area contributed by atoms with Gasteiger partial charge in [0.25, 0.3) is 5.56 Å². The fraction of sp³-hybridized carbons (Fsp3) is 0.188. The molecule has 25 heavy (non-hydrogen) atoms. The van der Waals surface area contributed by atoms with E-state index in [2.05, 4.69) is 5.32 Å². The van der Waals surface area contributed by atoms with Crippen molar-refractivity contribution in [3.63, 3.8) is 0 Å². The first kappa shape index (κ1) is 17.8. The number of nitriles is 1. The third kappa shape index (κ3) is 3.69. The zero-order valence-electron chi connectivity index (χ0n) is 13.4. The zero-order chi connectivity index (χ0) is 18.7. The summed E-state index contributed by atoms with van der Waals surface area (Å²) < 4.78 is 14.4. The average molecular weight is 344 g/mol. The first-order valence-electron chi connectivity index (χ1n) is 7.09. The van der Waals surface area contributed by atoms with Crippen LogP contribution in [-0.2, 0) is 11.3 Å². The van der Waals surface area contributed by atoms with Crippen LogP contribution in [0.4, 0.5) is 15.8 Å². The minimum absolute atomic E-state index is 0.0245. The molecule has 1 aromatic carbocycles. The average Bonchev–Trinajstić information content (AvgIpc) is 2.53. The highest BCUT2D eigenvalue weighted by Gasteiger charge is 2.17. The Labute approximate surface area is 141 Å². The number of amides is 1. The lowest BCUT2D eigenvalue weighted by Gasteiger charge is -2.12. The van der Waals surface area contributed by atoms with Crippen LogP contribution in [-0.4, -0.2) is 15.4 Å². The van der Waals surface area contributed by atoms with E-state index in [1.54, 1.807) is 26.0 Å². The lowest BCUT2D eigenvalue weighted by atomic mass is 10.1. The third-order valence-electron chi connectivity index (χ3n) is 3.54. The molecule has 1 aromatic heterocycles. The monoisotopic (exact) mass is 344 g/mol. The molecule has 0 spiro atoms. The maximum atomic E-state index is 13.3. The number of aromatic nitrogens is 1. The SMILES string of the molecule is Cc1cc(C)n(CC(=O)Nc2ccc(F)c([N+](=O)[O-])c2)c(=O)c1C#N. The van der Waals surface area contributed by atoms with Gasteiger partial charge in [0.1, 0.15) is 18.2 Å². The third-order valence-corrected chi connectivity index (χ3v) is 3.54. The Kier molecular flexibility index (Phi) is 4.93. The molecule has 0 saturated carbocycles. The van der Waals surface area contributed by atoms with Gasteiger partial charge >= 0.3 is 5.69 Å². The highest BCUT2D eigenvalue weighted by Crippen LogP contribution is 2.21. The lowest BCUT2D eigenvalue weighted by molar-refractivity contribution is -0.387. The van der Waals surface area contributed by atoms with E-state index in [-0.39, 0.29) is 17.8 Å². The quantitative estimate of drug-likeness (QED) is 0.672. The van der Waals surface area contributed by atoms with E-state index in [1.165, 1.54) is 6.07 Å². The Hall–Kier alpha value is -3.54. The minimum atomic E-state index is -1.02. The summed E-state index contributed by atoms with van der Waals surface area (Å²) in [6.45, 7) is 2.85. The molecule has 0 bridgehead atoms. The first-order valence-corrected chi connectivity index (χ1v) is 7.09. The topological polar surface area (TPSA) is 118 Å². The number of pyridine rings is 1. The molecule has 1 N–H and O–H groups in total. The van der Waals surface area contributed by atoms with Crippen LogP contribution in [0.15, 0.2) is 29.1 Å². The number of anilines is 1. The maximum absolute atomic E-state index is 13.3. The fourth-order valence-corrected chi connectivity index (χ4v) is 2.33. The number of nitro groups is 1. The summed E-state index contributed by atoms with van der Waals surface area (Å²) in [7, 11) is 0. The van der Waals surface area contributed by atoms with Crippen molar-refractivity contribution < 1.29 is 14.1 Å². The van der Waals surface area contributed by atoms with Gasteiger partial charge in [-0.1, -0.05) is 0 Å². The summed E-state index contributed by atoms with van der Waals surface area (Å²) >= 11 is 0. The number of nitrogens with zero attached hydrogens (tertiary/aromatic N) is 3. The molecule has 9 heteroatoms. The molecule has 0 fully saturated rings. The molecular weight excluding hydrogens is 331 g/mol. The van der Waals surface area contributed by atoms with Crippen LogP contribution in [0.5, 0.6) is 0 Å². The number of hydrogen-bond acceptors (Lipinski definition) is 5. The predicted molar refractivity (Wildman–Crippen MR) is 86.6 cm³/mol. The van der Waals surface area contributed by atoms with Gasteiger partial charge in [0.15, 0.2) is 0 Å². The van der Waals surface area contributed by atoms with E-state index in [4.69, 9.17) is 5.26 Å². The Morgan fingerprint density at radius 3 is 2.68 bits per heavy atom. The van der Waals surface area contributed by atoms with Crippen LogP contribution in [0.25, 0.3) is 0 Å². The molecule has 2 aromatic rings. The van der Waals surface area contributed by atoms with Crippen molar-refractivity contribution >= 4 is 17.3 Å².